The van der Waals surface area contributed by atoms with Crippen molar-refractivity contribution in [2.75, 3.05) is 38.5 Å². The SMILES string of the molecule is Cc1cc(C2CCCNC2)oc(=O)c1C(=O)Nc1ccnn1C1CCN(C)CC1.Cl.Cl. The maximum atomic E-state index is 12.9. The second-order valence-electron chi connectivity index (χ2n) is 8.19. The number of carbonyl (C=O) groups excluding carboxylic acids is 1. The lowest BCUT2D eigenvalue weighted by Gasteiger charge is -2.30. The highest BCUT2D eigenvalue weighted by Gasteiger charge is 2.25. The number of hydrogen-bond acceptors (Lipinski definition) is 6. The van der Waals surface area contributed by atoms with Gasteiger partial charge in [-0.05, 0) is 70.9 Å². The number of hydrogen-bond donors (Lipinski definition) is 2. The Balaban J connectivity index is 0.00000171. The number of halogens is 2. The zero-order chi connectivity index (χ0) is 20.4. The van der Waals surface area contributed by atoms with Gasteiger partial charge in [0.15, 0.2) is 0 Å². The Labute approximate surface area is 194 Å². The summed E-state index contributed by atoms with van der Waals surface area (Å²) in [7, 11) is 2.11. The minimum Gasteiger partial charge on any atom is -0.427 e. The third-order valence-corrected chi connectivity index (χ3v) is 6.04. The molecule has 0 spiro atoms. The lowest BCUT2D eigenvalue weighted by Crippen LogP contribution is -2.33. The third-order valence-electron chi connectivity index (χ3n) is 6.04. The number of nitrogens with zero attached hydrogens (tertiary/aromatic N) is 3. The van der Waals surface area contributed by atoms with E-state index in [2.05, 4.69) is 27.7 Å². The average molecular weight is 472 g/mol. The molecular formula is C21H31Cl2N5O3. The number of aromatic nitrogens is 2. The van der Waals surface area contributed by atoms with Gasteiger partial charge in [0.25, 0.3) is 5.91 Å². The van der Waals surface area contributed by atoms with Crippen LogP contribution < -0.4 is 16.3 Å². The van der Waals surface area contributed by atoms with E-state index in [1.54, 1.807) is 19.2 Å². The number of nitrogens with one attached hydrogen (secondary N) is 2. The second kappa shape index (κ2) is 11.1. The Hall–Kier alpha value is -1.87. The number of rotatable bonds is 4. The molecule has 1 amide bonds. The Bertz CT molecular complexity index is 931. The summed E-state index contributed by atoms with van der Waals surface area (Å²) in [5.41, 5.74) is 0.131. The number of likely N-dealkylation sites (tertiary alicyclic amines) is 1. The van der Waals surface area contributed by atoms with Crippen LogP contribution in [-0.2, 0) is 0 Å². The van der Waals surface area contributed by atoms with Gasteiger partial charge in [-0.25, -0.2) is 9.48 Å². The Kier molecular flexibility index (Phi) is 9.12. The fraction of sp³-hybridized carbons (Fsp3) is 0.571. The third kappa shape index (κ3) is 5.68. The molecule has 0 radical (unpaired) electrons. The van der Waals surface area contributed by atoms with Gasteiger partial charge in [-0.2, -0.15) is 5.10 Å². The van der Waals surface area contributed by atoms with Crippen LogP contribution in [0.25, 0.3) is 0 Å². The van der Waals surface area contributed by atoms with Crippen LogP contribution in [0.2, 0.25) is 0 Å². The molecule has 1 atom stereocenters. The first-order valence-electron chi connectivity index (χ1n) is 10.4. The van der Waals surface area contributed by atoms with Crippen LogP contribution in [0.1, 0.15) is 59.3 Å². The zero-order valence-corrected chi connectivity index (χ0v) is 19.6. The normalized spacial score (nSPS) is 19.9. The van der Waals surface area contributed by atoms with Gasteiger partial charge in [0.05, 0.1) is 12.2 Å². The first-order chi connectivity index (χ1) is 14.0. The molecule has 2 fully saturated rings. The minimum absolute atomic E-state index is 0. The minimum atomic E-state index is -0.576. The van der Waals surface area contributed by atoms with Gasteiger partial charge >= 0.3 is 5.63 Å². The number of carbonyl (C=O) groups is 1. The molecule has 4 rings (SSSR count). The van der Waals surface area contributed by atoms with Crippen molar-refractivity contribution in [3.8, 4) is 0 Å². The molecule has 4 heterocycles. The van der Waals surface area contributed by atoms with Crippen molar-refractivity contribution in [2.45, 2.75) is 44.6 Å². The van der Waals surface area contributed by atoms with Crippen molar-refractivity contribution < 1.29 is 9.21 Å². The largest absolute Gasteiger partial charge is 0.427 e. The average Bonchev–Trinajstić information content (AvgIpc) is 3.16. The lowest BCUT2D eigenvalue weighted by atomic mass is 9.95. The van der Waals surface area contributed by atoms with E-state index in [1.807, 2.05) is 10.7 Å². The molecular weight excluding hydrogens is 441 g/mol. The summed E-state index contributed by atoms with van der Waals surface area (Å²) in [5.74, 6) is 1.01. The summed E-state index contributed by atoms with van der Waals surface area (Å²) in [5, 5.41) is 10.6. The van der Waals surface area contributed by atoms with E-state index in [0.717, 1.165) is 51.9 Å². The predicted molar refractivity (Wildman–Crippen MR) is 125 cm³/mol. The van der Waals surface area contributed by atoms with Crippen molar-refractivity contribution in [3.63, 3.8) is 0 Å². The van der Waals surface area contributed by atoms with E-state index in [9.17, 15) is 9.59 Å². The van der Waals surface area contributed by atoms with E-state index in [0.29, 0.717) is 17.1 Å². The van der Waals surface area contributed by atoms with Crippen LogP contribution in [-0.4, -0.2) is 53.8 Å². The quantitative estimate of drug-likeness (QED) is 0.711. The predicted octanol–water partition coefficient (Wildman–Crippen LogP) is 2.97. The Morgan fingerprint density at radius 2 is 2.00 bits per heavy atom. The van der Waals surface area contributed by atoms with E-state index >= 15 is 0 Å². The van der Waals surface area contributed by atoms with Gasteiger partial charge < -0.3 is 20.0 Å². The first kappa shape index (κ1) is 25.4. The van der Waals surface area contributed by atoms with Crippen LogP contribution in [0.15, 0.2) is 27.5 Å². The molecule has 172 valence electrons. The van der Waals surface area contributed by atoms with Gasteiger partial charge in [-0.15, -0.1) is 24.8 Å². The molecule has 8 nitrogen and oxygen atoms in total. The summed E-state index contributed by atoms with van der Waals surface area (Å²) in [6.45, 7) is 5.57. The number of piperidine rings is 2. The van der Waals surface area contributed by atoms with Crippen LogP contribution in [0.4, 0.5) is 5.82 Å². The van der Waals surface area contributed by atoms with Crippen molar-refractivity contribution in [3.05, 3.63) is 45.6 Å². The van der Waals surface area contributed by atoms with Gasteiger partial charge in [-0.1, -0.05) is 0 Å². The molecule has 0 bridgehead atoms. The number of anilines is 1. The van der Waals surface area contributed by atoms with Crippen LogP contribution in [0.5, 0.6) is 0 Å². The van der Waals surface area contributed by atoms with Crippen LogP contribution in [0.3, 0.4) is 0 Å². The molecule has 10 heteroatoms. The molecule has 2 aliphatic rings. The molecule has 0 aromatic carbocycles. The monoisotopic (exact) mass is 471 g/mol. The van der Waals surface area contributed by atoms with Gasteiger partial charge in [-0.3, -0.25) is 4.79 Å². The fourth-order valence-electron chi connectivity index (χ4n) is 4.32. The molecule has 2 saturated heterocycles. The summed E-state index contributed by atoms with van der Waals surface area (Å²) in [6.07, 6.45) is 5.68. The molecule has 2 aromatic rings. The van der Waals surface area contributed by atoms with E-state index in [-0.39, 0.29) is 42.3 Å². The van der Waals surface area contributed by atoms with Gasteiger partial charge in [0.2, 0.25) is 0 Å². The molecule has 31 heavy (non-hydrogen) atoms. The van der Waals surface area contributed by atoms with Crippen molar-refractivity contribution in [2.24, 2.45) is 0 Å². The van der Waals surface area contributed by atoms with Crippen LogP contribution in [0, 0.1) is 6.92 Å². The number of aryl methyl sites for hydroxylation is 1. The standard InChI is InChI=1S/C21H29N5O3.2ClH/c1-14-12-17(15-4-3-8-22-13-15)29-21(28)19(14)20(27)24-18-5-9-23-26(18)16-6-10-25(2)11-7-16;;/h5,9,12,15-16,22H,3-4,6-8,10-11,13H2,1-2H3,(H,24,27);2*1H. The van der Waals surface area contributed by atoms with Gasteiger partial charge in [0.1, 0.15) is 17.1 Å². The van der Waals surface area contributed by atoms with Crippen molar-refractivity contribution in [1.82, 2.24) is 20.0 Å². The van der Waals surface area contributed by atoms with Crippen LogP contribution >= 0.6 is 24.8 Å². The first-order valence-corrected chi connectivity index (χ1v) is 10.4. The Morgan fingerprint density at radius 1 is 1.26 bits per heavy atom. The highest BCUT2D eigenvalue weighted by molar-refractivity contribution is 6.04. The molecule has 2 aromatic heterocycles. The molecule has 0 saturated carbocycles. The second-order valence-corrected chi connectivity index (χ2v) is 8.19. The topological polar surface area (TPSA) is 92.4 Å². The highest BCUT2D eigenvalue weighted by atomic mass is 35.5. The van der Waals surface area contributed by atoms with E-state index in [4.69, 9.17) is 4.42 Å². The maximum absolute atomic E-state index is 12.9. The van der Waals surface area contributed by atoms with E-state index < -0.39 is 11.5 Å². The summed E-state index contributed by atoms with van der Waals surface area (Å²) in [4.78, 5) is 27.8. The highest BCUT2D eigenvalue weighted by Crippen LogP contribution is 2.26. The zero-order valence-electron chi connectivity index (χ0n) is 17.9. The van der Waals surface area contributed by atoms with E-state index in [1.165, 1.54) is 0 Å². The fourth-order valence-corrected chi connectivity index (χ4v) is 4.32. The van der Waals surface area contributed by atoms with Gasteiger partial charge in [0, 0.05) is 18.5 Å². The summed E-state index contributed by atoms with van der Waals surface area (Å²) >= 11 is 0. The summed E-state index contributed by atoms with van der Waals surface area (Å²) in [6, 6.07) is 3.85. The number of amides is 1. The lowest BCUT2D eigenvalue weighted by molar-refractivity contribution is 0.102. The summed E-state index contributed by atoms with van der Waals surface area (Å²) < 4.78 is 7.41. The molecule has 2 N–H and O–H groups in total. The molecule has 2 aliphatic heterocycles. The molecule has 0 aliphatic carbocycles. The van der Waals surface area contributed by atoms with Crippen molar-refractivity contribution in [1.29, 1.82) is 0 Å². The smallest absolute Gasteiger partial charge is 0.349 e. The maximum Gasteiger partial charge on any atom is 0.349 e. The van der Waals surface area contributed by atoms with Crippen molar-refractivity contribution >= 4 is 36.5 Å². The Morgan fingerprint density at radius 3 is 2.65 bits per heavy atom. The molecule has 1 unspecified atom stereocenters.